The van der Waals surface area contributed by atoms with Gasteiger partial charge in [-0.05, 0) is 30.7 Å². The van der Waals surface area contributed by atoms with Crippen molar-refractivity contribution >= 4 is 35.1 Å². The summed E-state index contributed by atoms with van der Waals surface area (Å²) in [6.45, 7) is 2.07. The lowest BCUT2D eigenvalue weighted by Crippen LogP contribution is -2.46. The molecule has 23 heavy (non-hydrogen) atoms. The highest BCUT2D eigenvalue weighted by Crippen LogP contribution is 2.35. The van der Waals surface area contributed by atoms with E-state index in [2.05, 4.69) is 10.6 Å². The fraction of sp³-hybridized carbons (Fsp3) is 0.467. The maximum Gasteiger partial charge on any atom is 0.324 e. The fourth-order valence-corrected chi connectivity index (χ4v) is 3.20. The van der Waals surface area contributed by atoms with Crippen molar-refractivity contribution in [1.82, 2.24) is 15.5 Å². The number of urea groups is 1. The minimum atomic E-state index is -0.797. The Morgan fingerprint density at radius 2 is 2.04 bits per heavy atom. The van der Waals surface area contributed by atoms with E-state index in [4.69, 9.17) is 27.9 Å². The Hall–Kier alpha value is -1.34. The molecule has 0 aromatic heterocycles. The highest BCUT2D eigenvalue weighted by Gasteiger charge is 2.41. The fourth-order valence-electron chi connectivity index (χ4n) is 2.90. The highest BCUT2D eigenvalue weighted by atomic mass is 35.5. The van der Waals surface area contributed by atoms with Crippen LogP contribution in [-0.4, -0.2) is 49.6 Å². The van der Waals surface area contributed by atoms with Gasteiger partial charge in [-0.1, -0.05) is 29.3 Å². The van der Waals surface area contributed by atoms with Gasteiger partial charge < -0.3 is 15.4 Å². The van der Waals surface area contributed by atoms with E-state index in [0.717, 1.165) is 5.56 Å². The van der Waals surface area contributed by atoms with Crippen LogP contribution in [0.15, 0.2) is 18.2 Å². The maximum absolute atomic E-state index is 12.0. The van der Waals surface area contributed by atoms with Crippen LogP contribution in [0.3, 0.4) is 0 Å². The van der Waals surface area contributed by atoms with Crippen molar-refractivity contribution in [3.05, 3.63) is 33.8 Å². The summed E-state index contributed by atoms with van der Waals surface area (Å²) in [6.07, 6.45) is 0.613. The molecule has 1 aromatic rings. The molecule has 0 bridgehead atoms. The molecule has 0 saturated carbocycles. The number of nitrogens with one attached hydrogen (secondary N) is 2. The van der Waals surface area contributed by atoms with Gasteiger partial charge in [0.05, 0.1) is 29.7 Å². The van der Waals surface area contributed by atoms with E-state index < -0.39 is 11.6 Å². The third-order valence-electron chi connectivity index (χ3n) is 4.16. The Morgan fingerprint density at radius 3 is 2.74 bits per heavy atom. The number of imide groups is 1. The quantitative estimate of drug-likeness (QED) is 0.808. The van der Waals surface area contributed by atoms with E-state index >= 15 is 0 Å². The molecule has 0 spiro atoms. The molecule has 0 unspecified atom stereocenters. The van der Waals surface area contributed by atoms with Crippen molar-refractivity contribution in [2.75, 3.05) is 32.8 Å². The van der Waals surface area contributed by atoms with E-state index in [-0.39, 0.29) is 19.0 Å². The zero-order chi connectivity index (χ0) is 16.4. The molecular formula is C15H17Cl2N3O3. The lowest BCUT2D eigenvalue weighted by molar-refractivity contribution is -0.130. The van der Waals surface area contributed by atoms with Gasteiger partial charge in [0.2, 0.25) is 5.91 Å². The van der Waals surface area contributed by atoms with Crippen LogP contribution in [0, 0.1) is 0 Å². The van der Waals surface area contributed by atoms with Crippen molar-refractivity contribution in [2.24, 2.45) is 0 Å². The standard InChI is InChI=1S/C15H17Cl2N3O3/c16-11-2-1-10(7-12(11)17)15(3-4-18-5-6-23-15)9-20-13(21)8-19-14(20)22/h1-2,7,18H,3-6,8-9H2,(H,19,22)/t15-/m0/s1. The van der Waals surface area contributed by atoms with Gasteiger partial charge in [0.15, 0.2) is 0 Å². The van der Waals surface area contributed by atoms with Crippen LogP contribution in [0.1, 0.15) is 12.0 Å². The van der Waals surface area contributed by atoms with E-state index in [1.165, 1.54) is 4.90 Å². The third-order valence-corrected chi connectivity index (χ3v) is 4.90. The maximum atomic E-state index is 12.0. The Balaban J connectivity index is 1.97. The molecule has 1 aromatic carbocycles. The van der Waals surface area contributed by atoms with Crippen molar-refractivity contribution in [3.63, 3.8) is 0 Å². The second-order valence-electron chi connectivity index (χ2n) is 5.61. The predicted octanol–water partition coefficient (Wildman–Crippen LogP) is 1.75. The van der Waals surface area contributed by atoms with Gasteiger partial charge in [0.1, 0.15) is 5.60 Å². The number of nitrogens with zero attached hydrogens (tertiary/aromatic N) is 1. The second kappa shape index (κ2) is 6.65. The molecule has 2 aliphatic heterocycles. The first kappa shape index (κ1) is 16.5. The molecule has 2 heterocycles. The van der Waals surface area contributed by atoms with E-state index in [9.17, 15) is 9.59 Å². The smallest absolute Gasteiger partial charge is 0.324 e. The first-order valence-corrected chi connectivity index (χ1v) is 8.16. The highest BCUT2D eigenvalue weighted by molar-refractivity contribution is 6.42. The number of ether oxygens (including phenoxy) is 1. The normalized spacial score (nSPS) is 25.4. The number of hydrogen-bond acceptors (Lipinski definition) is 4. The molecule has 3 amide bonds. The van der Waals surface area contributed by atoms with Gasteiger partial charge in [0.25, 0.3) is 0 Å². The molecule has 2 saturated heterocycles. The molecule has 3 rings (SSSR count). The Labute approximate surface area is 144 Å². The van der Waals surface area contributed by atoms with Gasteiger partial charge in [-0.25, -0.2) is 4.79 Å². The lowest BCUT2D eigenvalue weighted by Gasteiger charge is -2.35. The minimum absolute atomic E-state index is 0.0224. The molecular weight excluding hydrogens is 341 g/mol. The summed E-state index contributed by atoms with van der Waals surface area (Å²) >= 11 is 12.1. The molecule has 124 valence electrons. The van der Waals surface area contributed by atoms with E-state index in [0.29, 0.717) is 36.2 Å². The number of hydrogen-bond donors (Lipinski definition) is 2. The first-order chi connectivity index (χ1) is 11.0. The van der Waals surface area contributed by atoms with Gasteiger partial charge in [-0.2, -0.15) is 0 Å². The number of amides is 3. The van der Waals surface area contributed by atoms with Crippen molar-refractivity contribution in [3.8, 4) is 0 Å². The molecule has 2 fully saturated rings. The van der Waals surface area contributed by atoms with Crippen LogP contribution in [0.5, 0.6) is 0 Å². The summed E-state index contributed by atoms with van der Waals surface area (Å²) in [7, 11) is 0. The summed E-state index contributed by atoms with van der Waals surface area (Å²) in [6, 6.07) is 4.88. The number of halogens is 2. The Kier molecular flexibility index (Phi) is 4.77. The first-order valence-electron chi connectivity index (χ1n) is 7.40. The Bertz CT molecular complexity index is 614. The molecule has 1 atom stereocenters. The van der Waals surface area contributed by atoms with E-state index in [1.54, 1.807) is 12.1 Å². The minimum Gasteiger partial charge on any atom is -0.367 e. The topological polar surface area (TPSA) is 70.7 Å². The molecule has 6 nitrogen and oxygen atoms in total. The summed E-state index contributed by atoms with van der Waals surface area (Å²) in [5.41, 5.74) is 0.0119. The van der Waals surface area contributed by atoms with E-state index in [1.807, 2.05) is 6.07 Å². The van der Waals surface area contributed by atoms with Crippen molar-refractivity contribution < 1.29 is 14.3 Å². The molecule has 2 N–H and O–H groups in total. The number of rotatable bonds is 3. The molecule has 8 heteroatoms. The van der Waals surface area contributed by atoms with Crippen LogP contribution in [0.2, 0.25) is 10.0 Å². The Morgan fingerprint density at radius 1 is 1.22 bits per heavy atom. The second-order valence-corrected chi connectivity index (χ2v) is 6.42. The SMILES string of the molecule is O=C1CNC(=O)N1C[C@]1(c2ccc(Cl)c(Cl)c2)CCNCCO1. The van der Waals surface area contributed by atoms with Crippen molar-refractivity contribution in [2.45, 2.75) is 12.0 Å². The number of carbonyl (C=O) groups excluding carboxylic acids is 2. The van der Waals surface area contributed by atoms with Crippen LogP contribution in [-0.2, 0) is 15.1 Å². The summed E-state index contributed by atoms with van der Waals surface area (Å²) in [5, 5.41) is 6.66. The average Bonchev–Trinajstić information content (AvgIpc) is 2.75. The van der Waals surface area contributed by atoms with Gasteiger partial charge >= 0.3 is 6.03 Å². The average molecular weight is 358 g/mol. The summed E-state index contributed by atoms with van der Waals surface area (Å²) in [5.74, 6) is -0.254. The van der Waals surface area contributed by atoms with Crippen LogP contribution in [0.4, 0.5) is 4.79 Å². The monoisotopic (exact) mass is 357 g/mol. The third kappa shape index (κ3) is 3.30. The molecule has 2 aliphatic rings. The van der Waals surface area contributed by atoms with Crippen LogP contribution < -0.4 is 10.6 Å². The zero-order valence-corrected chi connectivity index (χ0v) is 13.9. The van der Waals surface area contributed by atoms with Crippen LogP contribution >= 0.6 is 23.2 Å². The lowest BCUT2D eigenvalue weighted by atomic mass is 9.89. The van der Waals surface area contributed by atoms with Gasteiger partial charge in [-0.15, -0.1) is 0 Å². The number of benzene rings is 1. The van der Waals surface area contributed by atoms with Gasteiger partial charge in [0, 0.05) is 6.54 Å². The van der Waals surface area contributed by atoms with Crippen molar-refractivity contribution in [1.29, 1.82) is 0 Å². The molecule has 0 radical (unpaired) electrons. The summed E-state index contributed by atoms with van der Waals surface area (Å²) in [4.78, 5) is 25.1. The predicted molar refractivity (Wildman–Crippen MR) is 86.7 cm³/mol. The number of carbonyl (C=O) groups is 2. The zero-order valence-electron chi connectivity index (χ0n) is 12.4. The van der Waals surface area contributed by atoms with Gasteiger partial charge in [-0.3, -0.25) is 9.69 Å². The largest absolute Gasteiger partial charge is 0.367 e. The van der Waals surface area contributed by atoms with Crippen LogP contribution in [0.25, 0.3) is 0 Å². The molecule has 0 aliphatic carbocycles. The summed E-state index contributed by atoms with van der Waals surface area (Å²) < 4.78 is 6.09.